The Hall–Kier alpha value is -6.64. The standard InChI is InChI=1S/C72H114F4N12O12/c1-12-44(4)58-67(97)81(7)45(5)63(93)88-38-32-53(88)65(95)84(10)59(47-23-14-15-24-47)68(98)80(6)42-56(89)77-51(31-29-46-28-30-49(50(73)40-46)72(74,75)76)64(94)87-37-22-27-52(87)62(92)79-71(33-18-19-34-71)70(100)85(11)60(48-25-16-17-26-48)69(99)83(9)55(66(96)86-35-20-13-21-36-86)41-57(90)82(8)54(39-43(2)3)61(91)78-58/h43-55,58-60H,12-42H2,1-11H3,(H,77,89)(H,78,91)(H,79,92)/t44-,45-,46?,49?,50?,51-,52-,53-,54-,55-,58-,59-,60-/m0/s1. The van der Waals surface area contributed by atoms with Crippen molar-refractivity contribution in [1.29, 1.82) is 0 Å². The van der Waals surface area contributed by atoms with Gasteiger partial charge in [-0.25, -0.2) is 4.39 Å². The Morgan fingerprint density at radius 1 is 0.580 bits per heavy atom. The van der Waals surface area contributed by atoms with E-state index in [4.69, 9.17) is 0 Å². The molecule has 3 unspecified atom stereocenters. The first-order valence-electron chi connectivity index (χ1n) is 37.3. The fraction of sp³-hybridized carbons (Fsp3) is 0.833. The highest BCUT2D eigenvalue weighted by Gasteiger charge is 2.53. The number of hydrogen-bond acceptors (Lipinski definition) is 12. The predicted molar refractivity (Wildman–Crippen MR) is 363 cm³/mol. The van der Waals surface area contributed by atoms with E-state index in [0.29, 0.717) is 77.3 Å². The lowest BCUT2D eigenvalue weighted by molar-refractivity contribution is -0.201. The third-order valence-corrected chi connectivity index (χ3v) is 24.0. The molecule has 24 nitrogen and oxygen atoms in total. The quantitative estimate of drug-likeness (QED) is 0.227. The van der Waals surface area contributed by atoms with Crippen LogP contribution in [0.5, 0.6) is 0 Å². The molecule has 0 bridgehead atoms. The molecule has 562 valence electrons. The maximum absolute atomic E-state index is 15.7. The molecule has 13 atom stereocenters. The summed E-state index contributed by atoms with van der Waals surface area (Å²) < 4.78 is 56.9. The second-order valence-corrected chi connectivity index (χ2v) is 31.1. The van der Waals surface area contributed by atoms with Crippen LogP contribution in [0.4, 0.5) is 17.6 Å². The topological polar surface area (TPSA) is 270 Å². The van der Waals surface area contributed by atoms with Crippen LogP contribution in [-0.4, -0.2) is 262 Å². The Labute approximate surface area is 588 Å². The predicted octanol–water partition coefficient (Wildman–Crippen LogP) is 5.58. The molecule has 3 N–H and O–H groups in total. The third kappa shape index (κ3) is 17.9. The number of piperidine rings is 1. The zero-order chi connectivity index (χ0) is 73.4. The Morgan fingerprint density at radius 2 is 1.18 bits per heavy atom. The lowest BCUT2D eigenvalue weighted by atomic mass is 9.78. The van der Waals surface area contributed by atoms with Gasteiger partial charge in [0.25, 0.3) is 0 Å². The molecule has 0 aromatic rings. The van der Waals surface area contributed by atoms with Gasteiger partial charge in [-0.2, -0.15) is 13.2 Å². The van der Waals surface area contributed by atoms with Crippen LogP contribution in [0.3, 0.4) is 0 Å². The van der Waals surface area contributed by atoms with Crippen molar-refractivity contribution in [2.24, 2.45) is 35.5 Å². The fourth-order valence-electron chi connectivity index (χ4n) is 17.3. The molecule has 8 fully saturated rings. The molecule has 4 saturated heterocycles. The van der Waals surface area contributed by atoms with Gasteiger partial charge >= 0.3 is 6.18 Å². The lowest BCUT2D eigenvalue weighted by Gasteiger charge is -2.45. The minimum atomic E-state index is -4.75. The highest BCUT2D eigenvalue weighted by Crippen LogP contribution is 2.43. The molecule has 8 aliphatic rings. The summed E-state index contributed by atoms with van der Waals surface area (Å²) in [6, 6.07) is -10.8. The number of likely N-dealkylation sites (N-methyl/N-ethyl adjacent to an activating group) is 6. The van der Waals surface area contributed by atoms with Gasteiger partial charge in [-0.15, -0.1) is 0 Å². The van der Waals surface area contributed by atoms with E-state index in [2.05, 4.69) is 16.0 Å². The summed E-state index contributed by atoms with van der Waals surface area (Å²) in [7, 11) is 8.72. The van der Waals surface area contributed by atoms with Crippen LogP contribution in [0.2, 0.25) is 0 Å². The Bertz CT molecular complexity index is 2970. The van der Waals surface area contributed by atoms with Gasteiger partial charge in [-0.05, 0) is 152 Å². The molecule has 12 amide bonds. The van der Waals surface area contributed by atoms with Crippen molar-refractivity contribution in [3.63, 3.8) is 0 Å². The number of hydrogen-bond donors (Lipinski definition) is 3. The number of carbonyl (C=O) groups excluding carboxylic acids is 12. The van der Waals surface area contributed by atoms with Crippen LogP contribution >= 0.6 is 0 Å². The number of nitrogens with one attached hydrogen (secondary N) is 3. The molecular formula is C72H114F4N12O12. The Morgan fingerprint density at radius 3 is 1.74 bits per heavy atom. The number of rotatable bonds is 10. The second kappa shape index (κ2) is 34.1. The molecule has 0 radical (unpaired) electrons. The lowest BCUT2D eigenvalue weighted by Crippen LogP contribution is -2.65. The van der Waals surface area contributed by atoms with Gasteiger partial charge in [0.2, 0.25) is 70.9 Å². The van der Waals surface area contributed by atoms with E-state index in [-0.39, 0.29) is 76.3 Å². The van der Waals surface area contributed by atoms with Crippen molar-refractivity contribution >= 4 is 70.9 Å². The molecule has 8 rings (SSSR count). The number of nitrogens with zero attached hydrogens (tertiary/aromatic N) is 9. The summed E-state index contributed by atoms with van der Waals surface area (Å²) in [5.41, 5.74) is -1.57. The summed E-state index contributed by atoms with van der Waals surface area (Å²) in [6.45, 7) is 9.22. The maximum Gasteiger partial charge on any atom is 0.394 e. The van der Waals surface area contributed by atoms with Crippen LogP contribution in [0.25, 0.3) is 0 Å². The molecule has 28 heteroatoms. The average Bonchev–Trinajstić information content (AvgIpc) is 1.35. The SMILES string of the molecule is CC[C@H](C)[C@@H]1NC(=O)[C@H](CC(C)C)N(C)C(=O)C[C@@H](C(=O)N2CCCCC2)N(C)C(=O)[C@H](C2CCCC2)N(C)C(=O)C2(CCCC2)NC(=O)[C@@H]2CCCN2C(=O)[C@H](CCC2CCC(C(F)(F)F)C(F)C2)NC(=O)CN(C)C(=O)[C@H](C2CCCC2)N(C)C(=O)[C@@H]2CCN2C(=O)[C@H](C)N(C)C1=O. The summed E-state index contributed by atoms with van der Waals surface area (Å²) in [4.78, 5) is 193. The Kier molecular flexibility index (Phi) is 27.0. The van der Waals surface area contributed by atoms with E-state index in [9.17, 15) is 41.9 Å². The van der Waals surface area contributed by atoms with Crippen molar-refractivity contribution in [2.75, 3.05) is 75.0 Å². The molecule has 0 aromatic heterocycles. The number of amides is 12. The van der Waals surface area contributed by atoms with E-state index in [1.165, 1.54) is 83.5 Å². The molecule has 4 heterocycles. The largest absolute Gasteiger partial charge is 0.394 e. The molecule has 0 aromatic carbocycles. The van der Waals surface area contributed by atoms with Gasteiger partial charge in [-0.1, -0.05) is 72.6 Å². The number of fused-ring (bicyclic) bond motifs is 2. The van der Waals surface area contributed by atoms with Gasteiger partial charge in [-0.3, -0.25) is 57.5 Å². The van der Waals surface area contributed by atoms with Gasteiger partial charge in [0.15, 0.2) is 0 Å². The zero-order valence-corrected chi connectivity index (χ0v) is 61.1. The van der Waals surface area contributed by atoms with Crippen LogP contribution in [0, 0.1) is 35.5 Å². The Balaban J connectivity index is 1.16. The fourth-order valence-corrected chi connectivity index (χ4v) is 17.3. The number of likely N-dealkylation sites (tertiary alicyclic amines) is 1. The zero-order valence-electron chi connectivity index (χ0n) is 61.1. The van der Waals surface area contributed by atoms with Crippen LogP contribution in [0.1, 0.15) is 202 Å². The minimum Gasteiger partial charge on any atom is -0.343 e. The summed E-state index contributed by atoms with van der Waals surface area (Å²) in [6.07, 6.45) is 1.62. The van der Waals surface area contributed by atoms with Crippen LogP contribution in [0.15, 0.2) is 0 Å². The molecular weight excluding hydrogens is 1300 g/mol. The minimum absolute atomic E-state index is 0.00399. The van der Waals surface area contributed by atoms with E-state index >= 15 is 33.2 Å². The number of halogens is 4. The van der Waals surface area contributed by atoms with E-state index in [0.717, 1.165) is 37.0 Å². The first kappa shape index (κ1) is 79.1. The highest BCUT2D eigenvalue weighted by atomic mass is 19.4. The third-order valence-electron chi connectivity index (χ3n) is 24.0. The second-order valence-electron chi connectivity index (χ2n) is 31.1. The van der Waals surface area contributed by atoms with Crippen molar-refractivity contribution in [1.82, 2.24) is 60.0 Å². The van der Waals surface area contributed by atoms with Crippen LogP contribution < -0.4 is 16.0 Å². The van der Waals surface area contributed by atoms with Gasteiger partial charge in [0, 0.05) is 68.5 Å². The monoisotopic (exact) mass is 1410 g/mol. The molecule has 1 spiro atoms. The van der Waals surface area contributed by atoms with E-state index in [1.54, 1.807) is 11.8 Å². The molecule has 4 aliphatic carbocycles. The average molecular weight is 1420 g/mol. The normalized spacial score (nSPS) is 31.8. The molecule has 4 saturated carbocycles. The van der Waals surface area contributed by atoms with Crippen molar-refractivity contribution < 1.29 is 75.1 Å². The van der Waals surface area contributed by atoms with Crippen molar-refractivity contribution in [3.8, 4) is 0 Å². The smallest absolute Gasteiger partial charge is 0.343 e. The van der Waals surface area contributed by atoms with Gasteiger partial charge in [0.1, 0.15) is 66.1 Å². The number of alkyl halides is 4. The van der Waals surface area contributed by atoms with Crippen molar-refractivity contribution in [2.45, 2.75) is 274 Å². The summed E-state index contributed by atoms with van der Waals surface area (Å²) >= 11 is 0. The van der Waals surface area contributed by atoms with E-state index < -0.39 is 193 Å². The van der Waals surface area contributed by atoms with Crippen LogP contribution in [-0.2, 0) is 57.5 Å². The first-order valence-corrected chi connectivity index (χ1v) is 37.3. The highest BCUT2D eigenvalue weighted by molar-refractivity contribution is 6.01. The van der Waals surface area contributed by atoms with Gasteiger partial charge in [0.05, 0.1) is 18.9 Å². The summed E-state index contributed by atoms with van der Waals surface area (Å²) in [5.74, 6) is -11.6. The first-order chi connectivity index (χ1) is 47.2. The molecule has 100 heavy (non-hydrogen) atoms. The summed E-state index contributed by atoms with van der Waals surface area (Å²) in [5, 5.41) is 8.80. The number of carbonyl (C=O) groups is 12. The van der Waals surface area contributed by atoms with Gasteiger partial charge < -0.3 is 60.0 Å². The van der Waals surface area contributed by atoms with E-state index in [1.807, 2.05) is 20.8 Å². The molecule has 4 aliphatic heterocycles. The maximum atomic E-state index is 15.7. The van der Waals surface area contributed by atoms with Crippen molar-refractivity contribution in [3.05, 3.63) is 0 Å².